The molecule has 0 unspecified atom stereocenters. The molecule has 0 radical (unpaired) electrons. The third-order valence-electron chi connectivity index (χ3n) is 2.84. The summed E-state index contributed by atoms with van der Waals surface area (Å²) in [4.78, 5) is 21.1. The van der Waals surface area contributed by atoms with Crippen LogP contribution in [-0.4, -0.2) is 25.8 Å². The molecule has 8 nitrogen and oxygen atoms in total. The first-order valence-electron chi connectivity index (χ1n) is 6.21. The van der Waals surface area contributed by atoms with Crippen LogP contribution in [0.25, 0.3) is 0 Å². The highest BCUT2D eigenvalue weighted by atomic mass is 16.6. The van der Waals surface area contributed by atoms with Gasteiger partial charge < -0.3 is 10.4 Å². The molecule has 0 aliphatic carbocycles. The molecule has 21 heavy (non-hydrogen) atoms. The van der Waals surface area contributed by atoms with Crippen molar-refractivity contribution in [2.75, 3.05) is 5.32 Å². The van der Waals surface area contributed by atoms with E-state index in [0.29, 0.717) is 11.4 Å². The number of nitro benzene ring substituents is 1. The first-order chi connectivity index (χ1) is 9.88. The Hall–Kier alpha value is -2.90. The molecule has 2 rings (SSSR count). The lowest BCUT2D eigenvalue weighted by Crippen LogP contribution is -2.03. The van der Waals surface area contributed by atoms with Gasteiger partial charge in [0.25, 0.3) is 5.69 Å². The van der Waals surface area contributed by atoms with Gasteiger partial charge in [0.05, 0.1) is 16.8 Å². The van der Waals surface area contributed by atoms with Crippen LogP contribution in [0.1, 0.15) is 30.2 Å². The fraction of sp³-hybridized carbons (Fsp3) is 0.231. The van der Waals surface area contributed by atoms with Crippen molar-refractivity contribution in [3.63, 3.8) is 0 Å². The van der Waals surface area contributed by atoms with Gasteiger partial charge >= 0.3 is 5.97 Å². The fourth-order valence-corrected chi connectivity index (χ4v) is 1.80. The van der Waals surface area contributed by atoms with E-state index in [0.717, 1.165) is 0 Å². The summed E-state index contributed by atoms with van der Waals surface area (Å²) in [5.74, 6) is -1.34. The molecule has 0 amide bonds. The molecule has 0 bridgehead atoms. The summed E-state index contributed by atoms with van der Waals surface area (Å²) < 4.78 is 1.74. The van der Waals surface area contributed by atoms with E-state index in [-0.39, 0.29) is 11.6 Å². The van der Waals surface area contributed by atoms with Crippen molar-refractivity contribution in [2.24, 2.45) is 0 Å². The van der Waals surface area contributed by atoms with E-state index in [1.165, 1.54) is 18.2 Å². The molecule has 0 saturated heterocycles. The molecule has 0 fully saturated rings. The SMILES string of the molecule is CC(C)n1cc(Nc2ccc([N+](=O)[O-])c(C(=O)O)c2)cn1. The van der Waals surface area contributed by atoms with Crippen molar-refractivity contribution < 1.29 is 14.8 Å². The first kappa shape index (κ1) is 14.5. The Kier molecular flexibility index (Phi) is 3.88. The largest absolute Gasteiger partial charge is 0.477 e. The van der Waals surface area contributed by atoms with Crippen LogP contribution < -0.4 is 5.32 Å². The molecule has 0 atom stereocenters. The average Bonchev–Trinajstić information content (AvgIpc) is 2.87. The third-order valence-corrected chi connectivity index (χ3v) is 2.84. The normalized spacial score (nSPS) is 10.6. The second-order valence-corrected chi connectivity index (χ2v) is 4.72. The highest BCUT2D eigenvalue weighted by Crippen LogP contribution is 2.25. The molecule has 2 N–H and O–H groups in total. The van der Waals surface area contributed by atoms with E-state index in [1.807, 2.05) is 13.8 Å². The number of nitro groups is 1. The highest BCUT2D eigenvalue weighted by Gasteiger charge is 2.20. The molecule has 1 heterocycles. The Morgan fingerprint density at radius 2 is 2.14 bits per heavy atom. The summed E-state index contributed by atoms with van der Waals surface area (Å²) in [6.07, 6.45) is 3.37. The number of carboxylic acids is 1. The number of aromatic nitrogens is 2. The van der Waals surface area contributed by atoms with Gasteiger partial charge in [0.15, 0.2) is 0 Å². The van der Waals surface area contributed by atoms with Gasteiger partial charge in [0, 0.05) is 24.0 Å². The maximum atomic E-state index is 11.1. The lowest BCUT2D eigenvalue weighted by molar-refractivity contribution is -0.385. The molecule has 1 aromatic heterocycles. The van der Waals surface area contributed by atoms with E-state index < -0.39 is 16.6 Å². The summed E-state index contributed by atoms with van der Waals surface area (Å²) in [5, 5.41) is 26.9. The Morgan fingerprint density at radius 1 is 1.43 bits per heavy atom. The van der Waals surface area contributed by atoms with E-state index in [9.17, 15) is 14.9 Å². The first-order valence-corrected chi connectivity index (χ1v) is 6.21. The average molecular weight is 290 g/mol. The number of benzene rings is 1. The summed E-state index contributed by atoms with van der Waals surface area (Å²) in [5.41, 5.74) is 0.322. The van der Waals surface area contributed by atoms with Gasteiger partial charge in [-0.3, -0.25) is 14.8 Å². The number of carboxylic acid groups (broad SMARTS) is 1. The van der Waals surface area contributed by atoms with Gasteiger partial charge in [0.2, 0.25) is 0 Å². The van der Waals surface area contributed by atoms with E-state index in [4.69, 9.17) is 5.11 Å². The summed E-state index contributed by atoms with van der Waals surface area (Å²) >= 11 is 0. The topological polar surface area (TPSA) is 110 Å². The Morgan fingerprint density at radius 3 is 2.67 bits per heavy atom. The zero-order valence-corrected chi connectivity index (χ0v) is 11.5. The summed E-state index contributed by atoms with van der Waals surface area (Å²) in [6, 6.07) is 4.05. The highest BCUT2D eigenvalue weighted by molar-refractivity contribution is 5.93. The number of hydrogen-bond acceptors (Lipinski definition) is 5. The number of nitrogens with one attached hydrogen (secondary N) is 1. The standard InChI is InChI=1S/C13H14N4O4/c1-8(2)16-7-10(6-14-16)15-9-3-4-12(17(20)21)11(5-9)13(18)19/h3-8,15H,1-2H3,(H,18,19). The van der Waals surface area contributed by atoms with Gasteiger partial charge in [0.1, 0.15) is 5.56 Å². The van der Waals surface area contributed by atoms with Gasteiger partial charge in [-0.2, -0.15) is 5.10 Å². The number of anilines is 2. The molecule has 8 heteroatoms. The Labute approximate surface area is 120 Å². The van der Waals surface area contributed by atoms with Crippen LogP contribution in [-0.2, 0) is 0 Å². The van der Waals surface area contributed by atoms with Crippen molar-refractivity contribution in [1.82, 2.24) is 9.78 Å². The third kappa shape index (κ3) is 3.16. The predicted octanol–water partition coefficient (Wildman–Crippen LogP) is 2.81. The van der Waals surface area contributed by atoms with Crippen LogP contribution in [0.5, 0.6) is 0 Å². The van der Waals surface area contributed by atoms with Crippen LogP contribution in [0.15, 0.2) is 30.6 Å². The molecule has 1 aromatic carbocycles. The number of hydrogen-bond donors (Lipinski definition) is 2. The van der Waals surface area contributed by atoms with Gasteiger partial charge in [-0.1, -0.05) is 0 Å². The smallest absolute Gasteiger partial charge is 0.342 e. The predicted molar refractivity (Wildman–Crippen MR) is 76.0 cm³/mol. The number of aromatic carboxylic acids is 1. The molecule has 0 aliphatic rings. The van der Waals surface area contributed by atoms with E-state index in [2.05, 4.69) is 10.4 Å². The van der Waals surface area contributed by atoms with Crippen molar-refractivity contribution in [1.29, 1.82) is 0 Å². The molecular weight excluding hydrogens is 276 g/mol. The zero-order valence-electron chi connectivity index (χ0n) is 11.5. The van der Waals surface area contributed by atoms with Crippen molar-refractivity contribution in [3.05, 3.63) is 46.3 Å². The maximum Gasteiger partial charge on any atom is 0.342 e. The molecule has 0 spiro atoms. The molecule has 0 aliphatic heterocycles. The van der Waals surface area contributed by atoms with E-state index in [1.54, 1.807) is 17.1 Å². The lowest BCUT2D eigenvalue weighted by atomic mass is 10.1. The Bertz CT molecular complexity index is 693. The van der Waals surface area contributed by atoms with Crippen molar-refractivity contribution in [2.45, 2.75) is 19.9 Å². The number of nitrogens with zero attached hydrogens (tertiary/aromatic N) is 3. The minimum atomic E-state index is -1.34. The zero-order chi connectivity index (χ0) is 15.6. The second kappa shape index (κ2) is 5.61. The van der Waals surface area contributed by atoms with Crippen LogP contribution >= 0.6 is 0 Å². The maximum absolute atomic E-state index is 11.1. The number of rotatable bonds is 5. The summed E-state index contributed by atoms with van der Waals surface area (Å²) in [7, 11) is 0. The van der Waals surface area contributed by atoms with Crippen molar-refractivity contribution in [3.8, 4) is 0 Å². The molecule has 0 saturated carbocycles. The minimum Gasteiger partial charge on any atom is -0.477 e. The molecular formula is C13H14N4O4. The molecule has 110 valence electrons. The fourth-order valence-electron chi connectivity index (χ4n) is 1.80. The van der Waals surface area contributed by atoms with Gasteiger partial charge in [-0.25, -0.2) is 4.79 Å². The lowest BCUT2D eigenvalue weighted by Gasteiger charge is -2.06. The van der Waals surface area contributed by atoms with Crippen LogP contribution in [0.4, 0.5) is 17.1 Å². The van der Waals surface area contributed by atoms with E-state index >= 15 is 0 Å². The Balaban J connectivity index is 2.30. The van der Waals surface area contributed by atoms with Crippen LogP contribution in [0, 0.1) is 10.1 Å². The van der Waals surface area contributed by atoms with Gasteiger partial charge in [-0.15, -0.1) is 0 Å². The second-order valence-electron chi connectivity index (χ2n) is 4.72. The molecule has 2 aromatic rings. The number of carbonyl (C=O) groups is 1. The quantitative estimate of drug-likeness (QED) is 0.647. The van der Waals surface area contributed by atoms with Gasteiger partial charge in [-0.05, 0) is 26.0 Å². The van der Waals surface area contributed by atoms with Crippen LogP contribution in [0.2, 0.25) is 0 Å². The van der Waals surface area contributed by atoms with Crippen LogP contribution in [0.3, 0.4) is 0 Å². The minimum absolute atomic E-state index is 0.201. The monoisotopic (exact) mass is 290 g/mol. The summed E-state index contributed by atoms with van der Waals surface area (Å²) in [6.45, 7) is 3.95. The van der Waals surface area contributed by atoms with Crippen molar-refractivity contribution >= 4 is 23.0 Å².